The first-order valence-corrected chi connectivity index (χ1v) is 14.5. The van der Waals surface area contributed by atoms with E-state index in [9.17, 15) is 17.6 Å². The maximum absolute atomic E-state index is 14.0. The van der Waals surface area contributed by atoms with Crippen molar-refractivity contribution >= 4 is 42.6 Å². The van der Waals surface area contributed by atoms with Crippen molar-refractivity contribution in [3.63, 3.8) is 0 Å². The fourth-order valence-corrected chi connectivity index (χ4v) is 7.49. The number of sulfonamides is 1. The number of hydrogen-bond acceptors (Lipinski definition) is 5. The van der Waals surface area contributed by atoms with Crippen LogP contribution < -0.4 is 4.90 Å². The van der Waals surface area contributed by atoms with Crippen molar-refractivity contribution in [2.75, 3.05) is 18.0 Å². The molecule has 1 aliphatic rings. The van der Waals surface area contributed by atoms with Gasteiger partial charge in [0.05, 0.1) is 27.6 Å². The van der Waals surface area contributed by atoms with Gasteiger partial charge in [-0.2, -0.15) is 4.31 Å². The van der Waals surface area contributed by atoms with Gasteiger partial charge in [-0.25, -0.2) is 17.8 Å². The van der Waals surface area contributed by atoms with Gasteiger partial charge in [0.1, 0.15) is 5.82 Å². The van der Waals surface area contributed by atoms with Gasteiger partial charge in [-0.1, -0.05) is 47.7 Å². The third-order valence-electron chi connectivity index (χ3n) is 6.68. The van der Waals surface area contributed by atoms with Gasteiger partial charge in [0, 0.05) is 13.1 Å². The summed E-state index contributed by atoms with van der Waals surface area (Å²) in [4.78, 5) is 20.6. The maximum atomic E-state index is 14.0. The largest absolute Gasteiger partial charge is 0.283 e. The Kier molecular flexibility index (Phi) is 7.11. The Bertz CT molecular complexity index is 1540. The highest BCUT2D eigenvalue weighted by Gasteiger charge is 2.36. The number of hydrogen-bond donors (Lipinski definition) is 0. The van der Waals surface area contributed by atoms with Crippen LogP contribution in [-0.4, -0.2) is 36.7 Å². The summed E-state index contributed by atoms with van der Waals surface area (Å²) >= 11 is 1.48. The highest BCUT2D eigenvalue weighted by molar-refractivity contribution is 7.89. The van der Waals surface area contributed by atoms with Crippen LogP contribution in [0.1, 0.15) is 29.5 Å². The second kappa shape index (κ2) is 10.3. The summed E-state index contributed by atoms with van der Waals surface area (Å²) in [6, 6.07) is 18.7. The Hall–Kier alpha value is -3.14. The molecule has 1 atom stereocenters. The van der Waals surface area contributed by atoms with Gasteiger partial charge in [0.15, 0.2) is 5.13 Å². The molecule has 1 unspecified atom stereocenters. The molecular formula is C28H28FN3O3S2. The molecule has 0 N–H and O–H groups in total. The van der Waals surface area contributed by atoms with Crippen molar-refractivity contribution in [1.82, 2.24) is 9.29 Å². The number of aromatic nitrogens is 1. The van der Waals surface area contributed by atoms with Gasteiger partial charge in [0.2, 0.25) is 15.9 Å². The zero-order valence-electron chi connectivity index (χ0n) is 20.7. The zero-order chi connectivity index (χ0) is 26.2. The number of fused-ring (bicyclic) bond motifs is 1. The molecule has 2 heterocycles. The average Bonchev–Trinajstić information content (AvgIpc) is 3.32. The smallest absolute Gasteiger partial charge is 0.243 e. The van der Waals surface area contributed by atoms with Crippen molar-refractivity contribution in [3.05, 3.63) is 89.2 Å². The summed E-state index contributed by atoms with van der Waals surface area (Å²) in [6.45, 7) is 4.80. The van der Waals surface area contributed by atoms with E-state index in [-0.39, 0.29) is 17.3 Å². The number of nitrogens with zero attached hydrogens (tertiary/aromatic N) is 3. The van der Waals surface area contributed by atoms with E-state index in [0.717, 1.165) is 39.0 Å². The Morgan fingerprint density at radius 2 is 1.84 bits per heavy atom. The second-order valence-corrected chi connectivity index (χ2v) is 12.4. The molecule has 3 aromatic carbocycles. The standard InChI is InChI=1S/C28H28FN3O3S2/c1-19-15-20(2)26-25(16-19)36-28(30-26)32(17-21-7-4-3-5-8-21)27(33)22-9-6-14-31(18-22)37(34,35)24-12-10-23(29)11-13-24/h3-5,7-8,10-13,15-16,22H,6,9,14,17-18H2,1-2H3. The lowest BCUT2D eigenvalue weighted by Gasteiger charge is -2.33. The first-order chi connectivity index (χ1) is 17.7. The lowest BCUT2D eigenvalue weighted by Crippen LogP contribution is -2.46. The van der Waals surface area contributed by atoms with Crippen molar-refractivity contribution in [2.24, 2.45) is 5.92 Å². The predicted octanol–water partition coefficient (Wildman–Crippen LogP) is 5.69. The number of piperidine rings is 1. The molecule has 1 amide bonds. The lowest BCUT2D eigenvalue weighted by molar-refractivity contribution is -0.123. The number of amides is 1. The van der Waals surface area contributed by atoms with Gasteiger partial charge in [-0.15, -0.1) is 0 Å². The number of thiazole rings is 1. The van der Waals surface area contributed by atoms with Crippen LogP contribution >= 0.6 is 11.3 Å². The minimum absolute atomic E-state index is 0.0279. The number of anilines is 1. The van der Waals surface area contributed by atoms with Crippen LogP contribution in [0.5, 0.6) is 0 Å². The van der Waals surface area contributed by atoms with Gasteiger partial charge in [0.25, 0.3) is 0 Å². The van der Waals surface area contributed by atoms with Gasteiger partial charge in [-0.3, -0.25) is 9.69 Å². The molecule has 0 saturated carbocycles. The third-order valence-corrected chi connectivity index (χ3v) is 9.59. The van der Waals surface area contributed by atoms with E-state index in [2.05, 4.69) is 12.1 Å². The molecule has 0 bridgehead atoms. The summed E-state index contributed by atoms with van der Waals surface area (Å²) in [5.41, 5.74) is 4.03. The van der Waals surface area contributed by atoms with Crippen LogP contribution in [0.2, 0.25) is 0 Å². The number of carbonyl (C=O) groups excluding carboxylic acids is 1. The van der Waals surface area contributed by atoms with Crippen LogP contribution in [-0.2, 0) is 21.4 Å². The van der Waals surface area contributed by atoms with Crippen LogP contribution in [0.3, 0.4) is 0 Å². The van der Waals surface area contributed by atoms with Crippen molar-refractivity contribution in [1.29, 1.82) is 0 Å². The van der Waals surface area contributed by atoms with Crippen LogP contribution in [0.4, 0.5) is 9.52 Å². The number of halogens is 1. The quantitative estimate of drug-likeness (QED) is 0.317. The van der Waals surface area contributed by atoms with Gasteiger partial charge < -0.3 is 0 Å². The summed E-state index contributed by atoms with van der Waals surface area (Å²) in [5, 5.41) is 0.607. The molecule has 1 saturated heterocycles. The molecule has 1 fully saturated rings. The molecular weight excluding hydrogens is 509 g/mol. The summed E-state index contributed by atoms with van der Waals surface area (Å²) < 4.78 is 42.2. The molecule has 6 nitrogen and oxygen atoms in total. The highest BCUT2D eigenvalue weighted by Crippen LogP contribution is 2.34. The Labute approximate surface area is 220 Å². The number of rotatable bonds is 6. The minimum atomic E-state index is -3.84. The fourth-order valence-electron chi connectivity index (χ4n) is 4.82. The molecule has 0 aliphatic carbocycles. The monoisotopic (exact) mass is 537 g/mol. The molecule has 0 radical (unpaired) electrons. The number of aryl methyl sites for hydroxylation is 2. The summed E-state index contributed by atoms with van der Waals surface area (Å²) in [6.07, 6.45) is 1.15. The fraction of sp³-hybridized carbons (Fsp3) is 0.286. The molecule has 1 aliphatic heterocycles. The zero-order valence-corrected chi connectivity index (χ0v) is 22.4. The normalized spacial score (nSPS) is 16.7. The van der Waals surface area contributed by atoms with Crippen LogP contribution in [0.15, 0.2) is 71.6 Å². The summed E-state index contributed by atoms with van der Waals surface area (Å²) in [5.74, 6) is -1.15. The lowest BCUT2D eigenvalue weighted by atomic mass is 9.98. The van der Waals surface area contributed by atoms with Crippen LogP contribution in [0.25, 0.3) is 10.2 Å². The molecule has 1 aromatic heterocycles. The molecule has 5 rings (SSSR count). The van der Waals surface area contributed by atoms with Crippen molar-refractivity contribution < 1.29 is 17.6 Å². The number of carbonyl (C=O) groups is 1. The van der Waals surface area contributed by atoms with E-state index in [4.69, 9.17) is 4.98 Å². The third kappa shape index (κ3) is 5.30. The van der Waals surface area contributed by atoms with Crippen LogP contribution in [0, 0.1) is 25.6 Å². The molecule has 0 spiro atoms. The van der Waals surface area contributed by atoms with E-state index >= 15 is 0 Å². The van der Waals surface area contributed by atoms with E-state index < -0.39 is 21.8 Å². The predicted molar refractivity (Wildman–Crippen MR) is 145 cm³/mol. The van der Waals surface area contributed by atoms with E-state index in [0.29, 0.717) is 31.1 Å². The topological polar surface area (TPSA) is 70.6 Å². The first kappa shape index (κ1) is 25.5. The van der Waals surface area contributed by atoms with Crippen molar-refractivity contribution in [2.45, 2.75) is 38.1 Å². The summed E-state index contributed by atoms with van der Waals surface area (Å²) in [7, 11) is -3.84. The molecule has 9 heteroatoms. The second-order valence-electron chi connectivity index (χ2n) is 9.49. The Morgan fingerprint density at radius 1 is 1.11 bits per heavy atom. The van der Waals surface area contributed by atoms with Gasteiger partial charge >= 0.3 is 0 Å². The first-order valence-electron chi connectivity index (χ1n) is 12.2. The Balaban J connectivity index is 1.46. The molecule has 37 heavy (non-hydrogen) atoms. The van der Waals surface area contributed by atoms with Crippen molar-refractivity contribution in [3.8, 4) is 0 Å². The Morgan fingerprint density at radius 3 is 2.57 bits per heavy atom. The van der Waals surface area contributed by atoms with E-state index in [1.54, 1.807) is 4.90 Å². The van der Waals surface area contributed by atoms with E-state index in [1.807, 2.05) is 44.2 Å². The molecule has 192 valence electrons. The average molecular weight is 538 g/mol. The SMILES string of the molecule is Cc1cc(C)c2nc(N(Cc3ccccc3)C(=O)C3CCCN(S(=O)(=O)c4ccc(F)cc4)C3)sc2c1. The van der Waals surface area contributed by atoms with Gasteiger partial charge in [-0.05, 0) is 73.7 Å². The maximum Gasteiger partial charge on any atom is 0.243 e. The highest BCUT2D eigenvalue weighted by atomic mass is 32.2. The molecule has 4 aromatic rings. The van der Waals surface area contributed by atoms with E-state index in [1.165, 1.54) is 27.8 Å². The number of benzene rings is 3. The minimum Gasteiger partial charge on any atom is -0.283 e.